The standard InChI is InChI=1S/C20H18ClFN4O/c21-15-5-4-6-16(22)18(15)20(27)25-13-7-8-17-14(11-13)19(24-12-23-17)26-9-2-1-3-10-26/h4-8,11-12H,1-3,9-10H2,(H,25,27). The zero-order chi connectivity index (χ0) is 18.8. The number of amides is 1. The van der Waals surface area contributed by atoms with Crippen LogP contribution in [0.1, 0.15) is 29.6 Å². The Morgan fingerprint density at radius 3 is 2.70 bits per heavy atom. The van der Waals surface area contributed by atoms with Crippen LogP contribution in [0.15, 0.2) is 42.7 Å². The Balaban J connectivity index is 1.68. The molecule has 0 saturated carbocycles. The van der Waals surface area contributed by atoms with Gasteiger partial charge < -0.3 is 10.2 Å². The molecule has 3 aromatic rings. The fraction of sp³-hybridized carbons (Fsp3) is 0.250. The Labute approximate surface area is 161 Å². The third-order valence-electron chi connectivity index (χ3n) is 4.72. The molecule has 138 valence electrons. The smallest absolute Gasteiger partial charge is 0.260 e. The van der Waals surface area contributed by atoms with Crippen molar-refractivity contribution in [3.63, 3.8) is 0 Å². The van der Waals surface area contributed by atoms with Crippen LogP contribution < -0.4 is 10.2 Å². The number of piperidine rings is 1. The fourth-order valence-corrected chi connectivity index (χ4v) is 3.64. The normalized spacial score (nSPS) is 14.4. The molecule has 7 heteroatoms. The number of fused-ring (bicyclic) bond motifs is 1. The molecule has 1 saturated heterocycles. The zero-order valence-corrected chi connectivity index (χ0v) is 15.3. The van der Waals surface area contributed by atoms with Gasteiger partial charge >= 0.3 is 0 Å². The average Bonchev–Trinajstić information content (AvgIpc) is 2.68. The summed E-state index contributed by atoms with van der Waals surface area (Å²) in [4.78, 5) is 23.5. The van der Waals surface area contributed by atoms with Crippen LogP contribution in [-0.4, -0.2) is 29.0 Å². The van der Waals surface area contributed by atoms with Crippen LogP contribution in [0.2, 0.25) is 5.02 Å². The van der Waals surface area contributed by atoms with E-state index >= 15 is 0 Å². The third kappa shape index (κ3) is 3.57. The number of carbonyl (C=O) groups excluding carboxylic acids is 1. The van der Waals surface area contributed by atoms with E-state index in [-0.39, 0.29) is 10.6 Å². The summed E-state index contributed by atoms with van der Waals surface area (Å²) in [5.41, 5.74) is 1.17. The molecule has 2 heterocycles. The van der Waals surface area contributed by atoms with Crippen molar-refractivity contribution in [1.82, 2.24) is 9.97 Å². The van der Waals surface area contributed by atoms with E-state index in [2.05, 4.69) is 20.2 Å². The van der Waals surface area contributed by atoms with Gasteiger partial charge in [-0.25, -0.2) is 14.4 Å². The first-order valence-electron chi connectivity index (χ1n) is 8.88. The van der Waals surface area contributed by atoms with Gasteiger partial charge in [0.05, 0.1) is 16.1 Å². The minimum absolute atomic E-state index is 0.0747. The molecule has 0 radical (unpaired) electrons. The van der Waals surface area contributed by atoms with Gasteiger partial charge in [-0.2, -0.15) is 0 Å². The van der Waals surface area contributed by atoms with Gasteiger partial charge in [-0.3, -0.25) is 4.79 Å². The van der Waals surface area contributed by atoms with Crippen molar-refractivity contribution >= 4 is 39.9 Å². The van der Waals surface area contributed by atoms with Crippen LogP contribution in [0.25, 0.3) is 10.9 Å². The Bertz CT molecular complexity index is 984. The lowest BCUT2D eigenvalue weighted by Gasteiger charge is -2.28. The molecule has 1 aromatic heterocycles. The maximum absolute atomic E-state index is 14.0. The lowest BCUT2D eigenvalue weighted by molar-refractivity contribution is 0.102. The summed E-state index contributed by atoms with van der Waals surface area (Å²) in [7, 11) is 0. The van der Waals surface area contributed by atoms with Gasteiger partial charge in [0.15, 0.2) is 0 Å². The maximum atomic E-state index is 14.0. The summed E-state index contributed by atoms with van der Waals surface area (Å²) in [5, 5.41) is 3.66. The predicted octanol–water partition coefficient (Wildman–Crippen LogP) is 4.66. The number of anilines is 2. The highest BCUT2D eigenvalue weighted by atomic mass is 35.5. The van der Waals surface area contributed by atoms with Crippen molar-refractivity contribution in [1.29, 1.82) is 0 Å². The van der Waals surface area contributed by atoms with E-state index in [0.717, 1.165) is 42.7 Å². The van der Waals surface area contributed by atoms with Gasteiger partial charge in [-0.15, -0.1) is 0 Å². The first-order chi connectivity index (χ1) is 13.1. The Kier molecular flexibility index (Phi) is 4.90. The molecular formula is C20H18ClFN4O. The van der Waals surface area contributed by atoms with Gasteiger partial charge in [-0.05, 0) is 49.6 Å². The summed E-state index contributed by atoms with van der Waals surface area (Å²) < 4.78 is 14.0. The third-order valence-corrected chi connectivity index (χ3v) is 5.03. The van der Waals surface area contributed by atoms with Gasteiger partial charge in [0.25, 0.3) is 5.91 Å². The number of hydrogen-bond donors (Lipinski definition) is 1. The van der Waals surface area contributed by atoms with Crippen molar-refractivity contribution in [2.45, 2.75) is 19.3 Å². The number of hydrogen-bond acceptors (Lipinski definition) is 4. The largest absolute Gasteiger partial charge is 0.356 e. The van der Waals surface area contributed by atoms with Crippen molar-refractivity contribution in [3.05, 3.63) is 59.1 Å². The molecule has 0 aliphatic carbocycles. The molecule has 1 N–H and O–H groups in total. The first-order valence-corrected chi connectivity index (χ1v) is 9.26. The highest BCUT2D eigenvalue weighted by Gasteiger charge is 2.18. The molecule has 1 amide bonds. The Morgan fingerprint density at radius 1 is 1.11 bits per heavy atom. The van der Waals surface area contributed by atoms with E-state index in [1.165, 1.54) is 24.6 Å². The quantitative estimate of drug-likeness (QED) is 0.713. The number of aromatic nitrogens is 2. The summed E-state index contributed by atoms with van der Waals surface area (Å²) in [5.74, 6) is -0.383. The van der Waals surface area contributed by atoms with Crippen LogP contribution in [0.5, 0.6) is 0 Å². The molecule has 2 aromatic carbocycles. The van der Waals surface area contributed by atoms with Crippen LogP contribution >= 0.6 is 11.6 Å². The van der Waals surface area contributed by atoms with E-state index in [1.807, 2.05) is 12.1 Å². The molecule has 4 rings (SSSR count). The minimum Gasteiger partial charge on any atom is -0.356 e. The van der Waals surface area contributed by atoms with E-state index in [1.54, 1.807) is 12.4 Å². The van der Waals surface area contributed by atoms with E-state index in [0.29, 0.717) is 5.69 Å². The van der Waals surface area contributed by atoms with Crippen molar-refractivity contribution < 1.29 is 9.18 Å². The second kappa shape index (κ2) is 7.48. The fourth-order valence-electron chi connectivity index (χ4n) is 3.39. The summed E-state index contributed by atoms with van der Waals surface area (Å²) >= 11 is 5.98. The van der Waals surface area contributed by atoms with Crippen LogP contribution in [0.3, 0.4) is 0 Å². The number of nitrogens with one attached hydrogen (secondary N) is 1. The first kappa shape index (κ1) is 17.7. The molecule has 0 unspecified atom stereocenters. The van der Waals surface area contributed by atoms with E-state index < -0.39 is 11.7 Å². The topological polar surface area (TPSA) is 58.1 Å². The molecule has 5 nitrogen and oxygen atoms in total. The van der Waals surface area contributed by atoms with Crippen LogP contribution in [0.4, 0.5) is 15.9 Å². The second-order valence-electron chi connectivity index (χ2n) is 6.53. The zero-order valence-electron chi connectivity index (χ0n) is 14.6. The van der Waals surface area contributed by atoms with Gasteiger partial charge in [0.2, 0.25) is 0 Å². The summed E-state index contributed by atoms with van der Waals surface area (Å²) in [6.07, 6.45) is 5.05. The average molecular weight is 385 g/mol. The highest BCUT2D eigenvalue weighted by Crippen LogP contribution is 2.28. The summed E-state index contributed by atoms with van der Waals surface area (Å²) in [6.45, 7) is 1.90. The Morgan fingerprint density at radius 2 is 1.93 bits per heavy atom. The molecular weight excluding hydrogens is 367 g/mol. The van der Waals surface area contributed by atoms with Gasteiger partial charge in [0, 0.05) is 24.2 Å². The van der Waals surface area contributed by atoms with Crippen molar-refractivity contribution in [2.75, 3.05) is 23.3 Å². The molecule has 0 atom stereocenters. The van der Waals surface area contributed by atoms with Crippen molar-refractivity contribution in [2.24, 2.45) is 0 Å². The Hall–Kier alpha value is -2.73. The van der Waals surface area contributed by atoms with Crippen molar-refractivity contribution in [3.8, 4) is 0 Å². The molecule has 1 aliphatic heterocycles. The lowest BCUT2D eigenvalue weighted by atomic mass is 10.1. The number of rotatable bonds is 3. The minimum atomic E-state index is -0.655. The number of benzene rings is 2. The van der Waals surface area contributed by atoms with Gasteiger partial charge in [0.1, 0.15) is 18.0 Å². The SMILES string of the molecule is O=C(Nc1ccc2ncnc(N3CCCCC3)c2c1)c1c(F)cccc1Cl. The summed E-state index contributed by atoms with van der Waals surface area (Å²) in [6, 6.07) is 9.55. The monoisotopic (exact) mass is 384 g/mol. The number of halogens is 2. The van der Waals surface area contributed by atoms with Gasteiger partial charge in [-0.1, -0.05) is 17.7 Å². The maximum Gasteiger partial charge on any atom is 0.260 e. The van der Waals surface area contributed by atoms with Crippen LogP contribution in [0, 0.1) is 5.82 Å². The molecule has 0 bridgehead atoms. The second-order valence-corrected chi connectivity index (χ2v) is 6.93. The van der Waals surface area contributed by atoms with E-state index in [9.17, 15) is 9.18 Å². The number of carbonyl (C=O) groups is 1. The van der Waals surface area contributed by atoms with E-state index in [4.69, 9.17) is 11.6 Å². The lowest BCUT2D eigenvalue weighted by Crippen LogP contribution is -2.30. The number of nitrogens with zero attached hydrogens (tertiary/aromatic N) is 3. The predicted molar refractivity (Wildman–Crippen MR) is 105 cm³/mol. The molecule has 1 fully saturated rings. The highest BCUT2D eigenvalue weighted by molar-refractivity contribution is 6.34. The molecule has 27 heavy (non-hydrogen) atoms. The molecule has 0 spiro atoms. The van der Waals surface area contributed by atoms with Crippen LogP contribution in [-0.2, 0) is 0 Å². The molecule has 1 aliphatic rings.